The fourth-order valence-electron chi connectivity index (χ4n) is 2.92. The van der Waals surface area contributed by atoms with E-state index in [2.05, 4.69) is 56.9 Å². The van der Waals surface area contributed by atoms with Gasteiger partial charge in [-0.3, -0.25) is 0 Å². The van der Waals surface area contributed by atoms with Crippen LogP contribution in [0, 0.1) is 0 Å². The number of nitrogens with zero attached hydrogens (tertiary/aromatic N) is 4. The summed E-state index contributed by atoms with van der Waals surface area (Å²) in [5.74, 6) is 0.609. The molecule has 0 saturated heterocycles. The Morgan fingerprint density at radius 1 is 1.28 bits per heavy atom. The number of H-pyrrole nitrogens is 1. The predicted octanol–water partition coefficient (Wildman–Crippen LogP) is 3.97. The lowest BCUT2D eigenvalue weighted by molar-refractivity contribution is 0.421. The molecule has 0 aliphatic rings. The van der Waals surface area contributed by atoms with Crippen LogP contribution in [-0.2, 0) is 0 Å². The topological polar surface area (TPSA) is 79.4 Å². The average molecular weight is 356 g/mol. The first-order valence-electron chi connectivity index (χ1n) is 8.81. The van der Waals surface area contributed by atoms with Gasteiger partial charge in [-0.15, -0.1) is 21.5 Å². The highest BCUT2D eigenvalue weighted by atomic mass is 32.1. The summed E-state index contributed by atoms with van der Waals surface area (Å²) in [6.07, 6.45) is 6.60. The molecule has 0 saturated carbocycles. The Hall–Kier alpha value is -2.12. The van der Waals surface area contributed by atoms with Gasteiger partial charge >= 0.3 is 0 Å². The number of aromatic amines is 1. The molecule has 2 atom stereocenters. The van der Waals surface area contributed by atoms with Gasteiger partial charge in [0, 0.05) is 23.2 Å². The van der Waals surface area contributed by atoms with Crippen molar-refractivity contribution in [2.45, 2.75) is 51.6 Å². The van der Waals surface area contributed by atoms with Gasteiger partial charge in [0.25, 0.3) is 0 Å². The standard InChI is InChI=1S/C18H24N6S/c1-3-5-9-15(4-2)20-16(18-19-10-11-25-18)13-7-6-8-14(12-13)17-21-23-24-22-17/h6-8,10-12,15-16,20H,3-5,9H2,1-2H3,(H,21,22,23,24). The Balaban J connectivity index is 1.88. The van der Waals surface area contributed by atoms with Gasteiger partial charge < -0.3 is 5.32 Å². The maximum absolute atomic E-state index is 4.56. The minimum Gasteiger partial charge on any atom is -0.301 e. The van der Waals surface area contributed by atoms with Crippen molar-refractivity contribution in [3.8, 4) is 11.4 Å². The Morgan fingerprint density at radius 3 is 2.88 bits per heavy atom. The van der Waals surface area contributed by atoms with E-state index in [1.165, 1.54) is 24.8 Å². The van der Waals surface area contributed by atoms with Crippen molar-refractivity contribution in [2.24, 2.45) is 0 Å². The lowest BCUT2D eigenvalue weighted by Gasteiger charge is -2.24. The first-order chi connectivity index (χ1) is 12.3. The van der Waals surface area contributed by atoms with Gasteiger partial charge in [0.1, 0.15) is 5.01 Å². The molecule has 0 spiro atoms. The average Bonchev–Trinajstić information content (AvgIpc) is 3.36. The predicted molar refractivity (Wildman–Crippen MR) is 100 cm³/mol. The van der Waals surface area contributed by atoms with Crippen molar-refractivity contribution in [1.82, 2.24) is 30.9 Å². The molecule has 3 aromatic rings. The van der Waals surface area contributed by atoms with Gasteiger partial charge in [-0.2, -0.15) is 5.21 Å². The Bertz CT molecular complexity index is 741. The van der Waals surface area contributed by atoms with Crippen molar-refractivity contribution >= 4 is 11.3 Å². The highest BCUT2D eigenvalue weighted by Crippen LogP contribution is 2.28. The van der Waals surface area contributed by atoms with Crippen molar-refractivity contribution < 1.29 is 0 Å². The van der Waals surface area contributed by atoms with Crippen LogP contribution in [0.5, 0.6) is 0 Å². The lowest BCUT2D eigenvalue weighted by Crippen LogP contribution is -2.33. The van der Waals surface area contributed by atoms with Gasteiger partial charge in [0.2, 0.25) is 5.82 Å². The molecule has 2 unspecified atom stereocenters. The molecule has 0 aliphatic heterocycles. The van der Waals surface area contributed by atoms with E-state index in [9.17, 15) is 0 Å². The zero-order valence-electron chi connectivity index (χ0n) is 14.6. The zero-order valence-corrected chi connectivity index (χ0v) is 15.5. The van der Waals surface area contributed by atoms with Crippen LogP contribution in [-0.4, -0.2) is 31.6 Å². The Morgan fingerprint density at radius 2 is 2.20 bits per heavy atom. The molecule has 0 amide bonds. The van der Waals surface area contributed by atoms with Crippen LogP contribution in [0.15, 0.2) is 35.8 Å². The number of benzene rings is 1. The molecular formula is C18H24N6S. The molecule has 25 heavy (non-hydrogen) atoms. The number of aromatic nitrogens is 5. The van der Waals surface area contributed by atoms with E-state index in [4.69, 9.17) is 0 Å². The highest BCUT2D eigenvalue weighted by molar-refractivity contribution is 7.09. The Labute approximate surface area is 152 Å². The minimum atomic E-state index is 0.0775. The quantitative estimate of drug-likeness (QED) is 0.606. The fraction of sp³-hybridized carbons (Fsp3) is 0.444. The van der Waals surface area contributed by atoms with E-state index in [0.29, 0.717) is 11.9 Å². The summed E-state index contributed by atoms with van der Waals surface area (Å²) in [6, 6.07) is 8.85. The van der Waals surface area contributed by atoms with E-state index < -0.39 is 0 Å². The van der Waals surface area contributed by atoms with Crippen LogP contribution in [0.3, 0.4) is 0 Å². The summed E-state index contributed by atoms with van der Waals surface area (Å²) < 4.78 is 0. The van der Waals surface area contributed by atoms with E-state index in [-0.39, 0.29) is 6.04 Å². The highest BCUT2D eigenvalue weighted by Gasteiger charge is 2.21. The third-order valence-electron chi connectivity index (χ3n) is 4.32. The molecule has 0 radical (unpaired) electrons. The lowest BCUT2D eigenvalue weighted by atomic mass is 10.0. The monoisotopic (exact) mass is 356 g/mol. The van der Waals surface area contributed by atoms with Crippen LogP contribution in [0.1, 0.15) is 56.1 Å². The van der Waals surface area contributed by atoms with E-state index in [1.807, 2.05) is 23.7 Å². The number of nitrogens with one attached hydrogen (secondary N) is 2. The minimum absolute atomic E-state index is 0.0775. The van der Waals surface area contributed by atoms with Crippen LogP contribution in [0.25, 0.3) is 11.4 Å². The third kappa shape index (κ3) is 4.49. The number of thiazole rings is 1. The van der Waals surface area contributed by atoms with Gasteiger partial charge in [0.05, 0.1) is 6.04 Å². The molecule has 6 nitrogen and oxygen atoms in total. The molecule has 2 N–H and O–H groups in total. The van der Waals surface area contributed by atoms with Crippen molar-refractivity contribution in [2.75, 3.05) is 0 Å². The van der Waals surface area contributed by atoms with Crippen molar-refractivity contribution in [3.63, 3.8) is 0 Å². The van der Waals surface area contributed by atoms with Crippen LogP contribution in [0.2, 0.25) is 0 Å². The number of hydrogen-bond donors (Lipinski definition) is 2. The summed E-state index contributed by atoms with van der Waals surface area (Å²) in [5, 5.41) is 21.3. The molecule has 2 aromatic heterocycles. The molecule has 1 aromatic carbocycles. The second-order valence-corrected chi connectivity index (χ2v) is 7.00. The zero-order chi connectivity index (χ0) is 17.5. The number of hydrogen-bond acceptors (Lipinski definition) is 6. The molecule has 7 heteroatoms. The maximum Gasteiger partial charge on any atom is 0.204 e. The second-order valence-electron chi connectivity index (χ2n) is 6.08. The van der Waals surface area contributed by atoms with E-state index in [0.717, 1.165) is 17.0 Å². The van der Waals surface area contributed by atoms with Crippen LogP contribution < -0.4 is 5.32 Å². The second kappa shape index (κ2) is 8.82. The largest absolute Gasteiger partial charge is 0.301 e. The Kier molecular flexibility index (Phi) is 6.25. The van der Waals surface area contributed by atoms with Crippen LogP contribution >= 0.6 is 11.3 Å². The molecule has 132 valence electrons. The fourth-order valence-corrected chi connectivity index (χ4v) is 3.64. The first-order valence-corrected chi connectivity index (χ1v) is 9.69. The summed E-state index contributed by atoms with van der Waals surface area (Å²) in [6.45, 7) is 4.47. The number of tetrazole rings is 1. The smallest absolute Gasteiger partial charge is 0.204 e. The normalized spacial score (nSPS) is 13.7. The van der Waals surface area contributed by atoms with Gasteiger partial charge in [-0.25, -0.2) is 4.98 Å². The summed E-state index contributed by atoms with van der Waals surface area (Å²) in [5.41, 5.74) is 2.13. The molecule has 2 heterocycles. The summed E-state index contributed by atoms with van der Waals surface area (Å²) in [7, 11) is 0. The summed E-state index contributed by atoms with van der Waals surface area (Å²) >= 11 is 1.68. The SMILES string of the molecule is CCCCC(CC)NC(c1cccc(-c2nn[nH]n2)c1)c1nccs1. The molecule has 0 bridgehead atoms. The van der Waals surface area contributed by atoms with Crippen molar-refractivity contribution in [3.05, 3.63) is 46.4 Å². The molecule has 0 fully saturated rings. The maximum atomic E-state index is 4.56. The van der Waals surface area contributed by atoms with Crippen LogP contribution in [0.4, 0.5) is 0 Å². The molecule has 3 rings (SSSR count). The van der Waals surface area contributed by atoms with E-state index >= 15 is 0 Å². The number of rotatable bonds is 9. The summed E-state index contributed by atoms with van der Waals surface area (Å²) in [4.78, 5) is 4.56. The van der Waals surface area contributed by atoms with Crippen molar-refractivity contribution in [1.29, 1.82) is 0 Å². The first kappa shape index (κ1) is 17.7. The molecular weight excluding hydrogens is 332 g/mol. The van der Waals surface area contributed by atoms with E-state index in [1.54, 1.807) is 11.3 Å². The number of unbranched alkanes of at least 4 members (excludes halogenated alkanes) is 1. The third-order valence-corrected chi connectivity index (χ3v) is 5.16. The van der Waals surface area contributed by atoms with Gasteiger partial charge in [0.15, 0.2) is 0 Å². The van der Waals surface area contributed by atoms with Gasteiger partial charge in [-0.1, -0.05) is 44.9 Å². The van der Waals surface area contributed by atoms with Gasteiger partial charge in [-0.05, 0) is 29.7 Å². The molecule has 0 aliphatic carbocycles.